The Hall–Kier alpha value is -1.36. The molecule has 19 heavy (non-hydrogen) atoms. The van der Waals surface area contributed by atoms with Crippen LogP contribution in [0.2, 0.25) is 0 Å². The minimum Gasteiger partial charge on any atom is -0.365 e. The third kappa shape index (κ3) is 4.06. The Bertz CT molecular complexity index is 407. The van der Waals surface area contributed by atoms with Crippen molar-refractivity contribution in [3.63, 3.8) is 0 Å². The van der Waals surface area contributed by atoms with E-state index in [1.807, 2.05) is 6.07 Å². The maximum absolute atomic E-state index is 4.39. The van der Waals surface area contributed by atoms with Crippen LogP contribution in [0.15, 0.2) is 12.4 Å². The predicted octanol–water partition coefficient (Wildman–Crippen LogP) is 1.88. The SMILES string of the molecule is CN(c1cc(NC(C)(C)C)ncn1)C1CCCNC1. The van der Waals surface area contributed by atoms with Gasteiger partial charge in [0.2, 0.25) is 0 Å². The lowest BCUT2D eigenvalue weighted by Crippen LogP contribution is -2.44. The molecule has 0 spiro atoms. The molecule has 1 aliphatic rings. The Morgan fingerprint density at radius 1 is 1.37 bits per heavy atom. The zero-order valence-electron chi connectivity index (χ0n) is 12.4. The molecular weight excluding hydrogens is 238 g/mol. The molecule has 1 saturated heterocycles. The van der Waals surface area contributed by atoms with Gasteiger partial charge in [0.1, 0.15) is 18.0 Å². The first-order valence-electron chi connectivity index (χ1n) is 6.99. The number of likely N-dealkylation sites (N-methyl/N-ethyl adjacent to an activating group) is 1. The molecule has 1 unspecified atom stereocenters. The zero-order chi connectivity index (χ0) is 13.9. The number of hydrogen-bond donors (Lipinski definition) is 2. The summed E-state index contributed by atoms with van der Waals surface area (Å²) in [6.45, 7) is 8.55. The van der Waals surface area contributed by atoms with Crippen molar-refractivity contribution in [1.82, 2.24) is 15.3 Å². The van der Waals surface area contributed by atoms with Crippen LogP contribution in [0, 0.1) is 0 Å². The number of rotatable bonds is 3. The molecule has 1 fully saturated rings. The van der Waals surface area contributed by atoms with E-state index in [1.54, 1.807) is 6.33 Å². The third-order valence-electron chi connectivity index (χ3n) is 3.34. The number of nitrogens with zero attached hydrogens (tertiary/aromatic N) is 3. The largest absolute Gasteiger partial charge is 0.365 e. The first kappa shape index (κ1) is 14.1. The van der Waals surface area contributed by atoms with E-state index >= 15 is 0 Å². The molecule has 2 rings (SSSR count). The summed E-state index contributed by atoms with van der Waals surface area (Å²) in [7, 11) is 2.11. The Balaban J connectivity index is 2.09. The molecule has 0 radical (unpaired) electrons. The van der Waals surface area contributed by atoms with Gasteiger partial charge in [-0.1, -0.05) is 0 Å². The smallest absolute Gasteiger partial charge is 0.134 e. The van der Waals surface area contributed by atoms with Gasteiger partial charge in [-0.2, -0.15) is 0 Å². The van der Waals surface area contributed by atoms with Crippen LogP contribution in [-0.2, 0) is 0 Å². The summed E-state index contributed by atoms with van der Waals surface area (Å²) in [5, 5.41) is 6.82. The van der Waals surface area contributed by atoms with E-state index in [-0.39, 0.29) is 5.54 Å². The van der Waals surface area contributed by atoms with Gasteiger partial charge in [-0.25, -0.2) is 9.97 Å². The summed E-state index contributed by atoms with van der Waals surface area (Å²) < 4.78 is 0. The van der Waals surface area contributed by atoms with E-state index in [9.17, 15) is 0 Å². The number of hydrogen-bond acceptors (Lipinski definition) is 5. The molecule has 0 saturated carbocycles. The van der Waals surface area contributed by atoms with Gasteiger partial charge in [0.05, 0.1) is 0 Å². The van der Waals surface area contributed by atoms with Crippen LogP contribution in [0.4, 0.5) is 11.6 Å². The molecular formula is C14H25N5. The number of anilines is 2. The maximum atomic E-state index is 4.39. The van der Waals surface area contributed by atoms with Gasteiger partial charge in [0.15, 0.2) is 0 Å². The van der Waals surface area contributed by atoms with Crippen molar-refractivity contribution >= 4 is 11.6 Å². The number of aromatic nitrogens is 2. The van der Waals surface area contributed by atoms with Crippen molar-refractivity contribution in [2.24, 2.45) is 0 Å². The molecule has 5 nitrogen and oxygen atoms in total. The Morgan fingerprint density at radius 3 is 2.79 bits per heavy atom. The van der Waals surface area contributed by atoms with E-state index in [0.717, 1.165) is 24.7 Å². The van der Waals surface area contributed by atoms with Gasteiger partial charge in [-0.15, -0.1) is 0 Å². The van der Waals surface area contributed by atoms with Crippen molar-refractivity contribution in [2.75, 3.05) is 30.4 Å². The number of nitrogens with one attached hydrogen (secondary N) is 2. The van der Waals surface area contributed by atoms with Gasteiger partial charge in [-0.05, 0) is 40.2 Å². The monoisotopic (exact) mass is 263 g/mol. The lowest BCUT2D eigenvalue weighted by atomic mass is 10.1. The quantitative estimate of drug-likeness (QED) is 0.872. The number of piperidine rings is 1. The second-order valence-corrected chi connectivity index (χ2v) is 6.25. The molecule has 0 bridgehead atoms. The second-order valence-electron chi connectivity index (χ2n) is 6.25. The van der Waals surface area contributed by atoms with E-state index in [0.29, 0.717) is 6.04 Å². The fourth-order valence-electron chi connectivity index (χ4n) is 2.34. The second kappa shape index (κ2) is 5.74. The van der Waals surface area contributed by atoms with Crippen LogP contribution >= 0.6 is 0 Å². The standard InChI is InChI=1S/C14H25N5/c1-14(2,3)18-12-8-13(17-10-16-12)19(4)11-6-5-7-15-9-11/h8,10-11,15H,5-7,9H2,1-4H3,(H,16,17,18). The summed E-state index contributed by atoms with van der Waals surface area (Å²) in [6, 6.07) is 2.55. The Labute approximate surface area is 115 Å². The summed E-state index contributed by atoms with van der Waals surface area (Å²) in [5.74, 6) is 1.86. The lowest BCUT2D eigenvalue weighted by Gasteiger charge is -2.32. The lowest BCUT2D eigenvalue weighted by molar-refractivity contribution is 0.443. The van der Waals surface area contributed by atoms with Gasteiger partial charge in [0, 0.05) is 31.2 Å². The fraction of sp³-hybridized carbons (Fsp3) is 0.714. The summed E-state index contributed by atoms with van der Waals surface area (Å²) >= 11 is 0. The molecule has 1 aromatic rings. The molecule has 2 N–H and O–H groups in total. The average molecular weight is 263 g/mol. The fourth-order valence-corrected chi connectivity index (χ4v) is 2.34. The van der Waals surface area contributed by atoms with Crippen LogP contribution < -0.4 is 15.5 Å². The van der Waals surface area contributed by atoms with Crippen LogP contribution in [0.3, 0.4) is 0 Å². The van der Waals surface area contributed by atoms with Gasteiger partial charge in [-0.3, -0.25) is 0 Å². The highest BCUT2D eigenvalue weighted by molar-refractivity contribution is 5.49. The van der Waals surface area contributed by atoms with Crippen molar-refractivity contribution in [2.45, 2.75) is 45.2 Å². The maximum Gasteiger partial charge on any atom is 0.134 e. The van der Waals surface area contributed by atoms with Crippen LogP contribution in [-0.4, -0.2) is 41.7 Å². The topological polar surface area (TPSA) is 53.1 Å². The van der Waals surface area contributed by atoms with E-state index < -0.39 is 0 Å². The van der Waals surface area contributed by atoms with Gasteiger partial charge < -0.3 is 15.5 Å². The van der Waals surface area contributed by atoms with Crippen LogP contribution in [0.1, 0.15) is 33.6 Å². The molecule has 1 aliphatic heterocycles. The van der Waals surface area contributed by atoms with Crippen molar-refractivity contribution < 1.29 is 0 Å². The third-order valence-corrected chi connectivity index (χ3v) is 3.34. The summed E-state index contributed by atoms with van der Waals surface area (Å²) in [4.78, 5) is 10.9. The molecule has 2 heterocycles. The van der Waals surface area contributed by atoms with E-state index in [1.165, 1.54) is 12.8 Å². The summed E-state index contributed by atoms with van der Waals surface area (Å²) in [6.07, 6.45) is 4.08. The van der Waals surface area contributed by atoms with Crippen molar-refractivity contribution in [1.29, 1.82) is 0 Å². The molecule has 0 aliphatic carbocycles. The zero-order valence-corrected chi connectivity index (χ0v) is 12.4. The molecule has 106 valence electrons. The minimum absolute atomic E-state index is 0.0105. The molecule has 1 aromatic heterocycles. The Morgan fingerprint density at radius 2 is 2.16 bits per heavy atom. The molecule has 5 heteroatoms. The molecule has 1 atom stereocenters. The highest BCUT2D eigenvalue weighted by Gasteiger charge is 2.19. The van der Waals surface area contributed by atoms with Crippen LogP contribution in [0.5, 0.6) is 0 Å². The highest BCUT2D eigenvalue weighted by atomic mass is 15.2. The minimum atomic E-state index is 0.0105. The average Bonchev–Trinajstić information content (AvgIpc) is 2.37. The van der Waals surface area contributed by atoms with Crippen molar-refractivity contribution in [3.8, 4) is 0 Å². The first-order chi connectivity index (χ1) is 8.96. The van der Waals surface area contributed by atoms with E-state index in [2.05, 4.69) is 53.3 Å². The molecule has 0 aromatic carbocycles. The van der Waals surface area contributed by atoms with E-state index in [4.69, 9.17) is 0 Å². The summed E-state index contributed by atoms with van der Waals surface area (Å²) in [5.41, 5.74) is 0.0105. The normalized spacial score (nSPS) is 20.1. The molecule has 0 amide bonds. The first-order valence-corrected chi connectivity index (χ1v) is 6.99. The highest BCUT2D eigenvalue weighted by Crippen LogP contribution is 2.20. The van der Waals surface area contributed by atoms with Crippen molar-refractivity contribution in [3.05, 3.63) is 12.4 Å². The van der Waals surface area contributed by atoms with Crippen LogP contribution in [0.25, 0.3) is 0 Å². The predicted molar refractivity (Wildman–Crippen MR) is 79.7 cm³/mol. The van der Waals surface area contributed by atoms with Gasteiger partial charge >= 0.3 is 0 Å². The Kier molecular flexibility index (Phi) is 4.24. The van der Waals surface area contributed by atoms with Gasteiger partial charge in [0.25, 0.3) is 0 Å².